The molecule has 0 radical (unpaired) electrons. The molecule has 2 amide bonds. The number of ether oxygens (including phenoxy) is 1. The molecule has 0 spiro atoms. The van der Waals surface area contributed by atoms with Gasteiger partial charge in [0.2, 0.25) is 0 Å². The molecule has 0 aliphatic heterocycles. The average molecular weight is 335 g/mol. The van der Waals surface area contributed by atoms with Crippen LogP contribution in [0.2, 0.25) is 0 Å². The second-order valence-electron chi connectivity index (χ2n) is 4.04. The molecule has 2 N–H and O–H groups in total. The van der Waals surface area contributed by atoms with Crippen molar-refractivity contribution in [3.8, 4) is 5.75 Å². The van der Waals surface area contributed by atoms with Crippen LogP contribution in [0.5, 0.6) is 5.75 Å². The molecule has 104 valence electrons. The van der Waals surface area contributed by atoms with Gasteiger partial charge in [-0.3, -0.25) is 0 Å². The van der Waals surface area contributed by atoms with Gasteiger partial charge < -0.3 is 15.4 Å². The van der Waals surface area contributed by atoms with Gasteiger partial charge >= 0.3 is 6.03 Å². The number of hydrogen-bond acceptors (Lipinski definition) is 2. The van der Waals surface area contributed by atoms with Gasteiger partial charge in [0.1, 0.15) is 5.75 Å². The van der Waals surface area contributed by atoms with Crippen LogP contribution in [-0.4, -0.2) is 12.6 Å². The average Bonchev–Trinajstić information content (AvgIpc) is 2.44. The van der Waals surface area contributed by atoms with E-state index in [2.05, 4.69) is 26.6 Å². The Bertz CT molecular complexity index is 567. The molecule has 5 heteroatoms. The molecule has 0 aromatic heterocycles. The normalized spacial score (nSPS) is 9.90. The minimum atomic E-state index is -0.281. The smallest absolute Gasteiger partial charge is 0.323 e. The number of carbonyl (C=O) groups is 1. The summed E-state index contributed by atoms with van der Waals surface area (Å²) in [5.74, 6) is 0.784. The largest absolute Gasteiger partial charge is 0.494 e. The predicted octanol–water partition coefficient (Wildman–Crippen LogP) is 4.49. The van der Waals surface area contributed by atoms with E-state index in [0.29, 0.717) is 12.3 Å². The second kappa shape index (κ2) is 6.96. The monoisotopic (exact) mass is 334 g/mol. The third kappa shape index (κ3) is 4.28. The van der Waals surface area contributed by atoms with Crippen molar-refractivity contribution in [2.24, 2.45) is 0 Å². The Balaban J connectivity index is 1.92. The molecular formula is C15H15BrN2O2. The Morgan fingerprint density at radius 3 is 2.00 bits per heavy atom. The predicted molar refractivity (Wildman–Crippen MR) is 84.4 cm³/mol. The molecule has 4 nitrogen and oxygen atoms in total. The third-order valence-corrected chi connectivity index (χ3v) is 3.05. The lowest BCUT2D eigenvalue weighted by molar-refractivity contribution is 0.262. The van der Waals surface area contributed by atoms with Crippen molar-refractivity contribution < 1.29 is 9.53 Å². The molecule has 0 atom stereocenters. The van der Waals surface area contributed by atoms with E-state index in [0.717, 1.165) is 15.9 Å². The standard InChI is InChI=1S/C15H15BrN2O2/c1-2-20-14-9-7-13(8-10-14)18-15(19)17-12-5-3-11(16)4-6-12/h3-10H,2H2,1H3,(H2,17,18,19). The number of hydrogen-bond donors (Lipinski definition) is 2. The van der Waals surface area contributed by atoms with E-state index < -0.39 is 0 Å². The van der Waals surface area contributed by atoms with Gasteiger partial charge in [-0.15, -0.1) is 0 Å². The van der Waals surface area contributed by atoms with Crippen molar-refractivity contribution in [3.63, 3.8) is 0 Å². The molecule has 0 saturated carbocycles. The zero-order chi connectivity index (χ0) is 14.4. The van der Waals surface area contributed by atoms with Crippen LogP contribution in [0.4, 0.5) is 16.2 Å². The summed E-state index contributed by atoms with van der Waals surface area (Å²) in [7, 11) is 0. The summed E-state index contributed by atoms with van der Waals surface area (Å²) in [4.78, 5) is 11.8. The molecule has 20 heavy (non-hydrogen) atoms. The molecule has 0 unspecified atom stereocenters. The van der Waals surface area contributed by atoms with Crippen molar-refractivity contribution in [1.82, 2.24) is 0 Å². The van der Waals surface area contributed by atoms with Crippen LogP contribution < -0.4 is 15.4 Å². The first kappa shape index (κ1) is 14.4. The van der Waals surface area contributed by atoms with Crippen LogP contribution in [0.1, 0.15) is 6.92 Å². The highest BCUT2D eigenvalue weighted by Crippen LogP contribution is 2.17. The van der Waals surface area contributed by atoms with Gasteiger partial charge in [-0.05, 0) is 55.5 Å². The lowest BCUT2D eigenvalue weighted by Crippen LogP contribution is -2.19. The molecule has 2 rings (SSSR count). The summed E-state index contributed by atoms with van der Waals surface area (Å²) < 4.78 is 6.31. The highest BCUT2D eigenvalue weighted by atomic mass is 79.9. The Hall–Kier alpha value is -2.01. The van der Waals surface area contributed by atoms with Crippen LogP contribution in [0.3, 0.4) is 0 Å². The summed E-state index contributed by atoms with van der Waals surface area (Å²) in [5.41, 5.74) is 1.44. The van der Waals surface area contributed by atoms with Gasteiger partial charge in [-0.1, -0.05) is 15.9 Å². The number of nitrogens with one attached hydrogen (secondary N) is 2. The highest BCUT2D eigenvalue weighted by Gasteiger charge is 2.02. The fourth-order valence-electron chi connectivity index (χ4n) is 1.63. The second-order valence-corrected chi connectivity index (χ2v) is 4.96. The Morgan fingerprint density at radius 1 is 1.00 bits per heavy atom. The number of rotatable bonds is 4. The molecule has 0 saturated heterocycles. The lowest BCUT2D eigenvalue weighted by atomic mass is 10.3. The minimum Gasteiger partial charge on any atom is -0.494 e. The summed E-state index contributed by atoms with van der Waals surface area (Å²) in [5, 5.41) is 5.51. The van der Waals surface area contributed by atoms with Crippen LogP contribution in [0.25, 0.3) is 0 Å². The number of amides is 2. The first-order valence-corrected chi connectivity index (χ1v) is 7.03. The quantitative estimate of drug-likeness (QED) is 0.865. The van der Waals surface area contributed by atoms with Crippen LogP contribution in [-0.2, 0) is 0 Å². The van der Waals surface area contributed by atoms with Crippen molar-refractivity contribution in [3.05, 3.63) is 53.0 Å². The van der Waals surface area contributed by atoms with E-state index in [1.165, 1.54) is 0 Å². The highest BCUT2D eigenvalue weighted by molar-refractivity contribution is 9.10. The van der Waals surface area contributed by atoms with Crippen molar-refractivity contribution in [1.29, 1.82) is 0 Å². The van der Waals surface area contributed by atoms with E-state index >= 15 is 0 Å². The Labute approximate surface area is 126 Å². The zero-order valence-electron chi connectivity index (χ0n) is 11.0. The molecule has 0 fully saturated rings. The van der Waals surface area contributed by atoms with Crippen molar-refractivity contribution >= 4 is 33.3 Å². The number of urea groups is 1. The van der Waals surface area contributed by atoms with Gasteiger partial charge in [0.05, 0.1) is 6.61 Å². The summed E-state index contributed by atoms with van der Waals surface area (Å²) in [6.07, 6.45) is 0. The van der Waals surface area contributed by atoms with E-state index in [9.17, 15) is 4.79 Å². The van der Waals surface area contributed by atoms with Crippen LogP contribution in [0, 0.1) is 0 Å². The maximum atomic E-state index is 11.8. The minimum absolute atomic E-state index is 0.281. The molecule has 2 aromatic carbocycles. The SMILES string of the molecule is CCOc1ccc(NC(=O)Nc2ccc(Br)cc2)cc1. The van der Waals surface area contributed by atoms with E-state index in [4.69, 9.17) is 4.74 Å². The van der Waals surface area contributed by atoms with E-state index in [-0.39, 0.29) is 6.03 Å². The van der Waals surface area contributed by atoms with Gasteiger partial charge in [-0.2, -0.15) is 0 Å². The fraction of sp³-hybridized carbons (Fsp3) is 0.133. The maximum absolute atomic E-state index is 11.8. The van der Waals surface area contributed by atoms with Crippen LogP contribution >= 0.6 is 15.9 Å². The molecule has 0 heterocycles. The molecule has 0 bridgehead atoms. The number of anilines is 2. The Morgan fingerprint density at radius 2 is 1.50 bits per heavy atom. The van der Waals surface area contributed by atoms with Crippen LogP contribution in [0.15, 0.2) is 53.0 Å². The maximum Gasteiger partial charge on any atom is 0.323 e. The zero-order valence-corrected chi connectivity index (χ0v) is 12.6. The molecule has 0 aliphatic rings. The summed E-state index contributed by atoms with van der Waals surface area (Å²) in [6.45, 7) is 2.55. The fourth-order valence-corrected chi connectivity index (χ4v) is 1.89. The first-order chi connectivity index (χ1) is 9.67. The van der Waals surface area contributed by atoms with E-state index in [1.54, 1.807) is 12.1 Å². The van der Waals surface area contributed by atoms with E-state index in [1.807, 2.05) is 43.3 Å². The Kier molecular flexibility index (Phi) is 5.01. The summed E-state index contributed by atoms with van der Waals surface area (Å²) in [6, 6.07) is 14.3. The molecular weight excluding hydrogens is 320 g/mol. The summed E-state index contributed by atoms with van der Waals surface area (Å²) >= 11 is 3.34. The first-order valence-electron chi connectivity index (χ1n) is 6.24. The lowest BCUT2D eigenvalue weighted by Gasteiger charge is -2.08. The van der Waals surface area contributed by atoms with Crippen molar-refractivity contribution in [2.75, 3.05) is 17.2 Å². The van der Waals surface area contributed by atoms with Gasteiger partial charge in [-0.25, -0.2) is 4.79 Å². The molecule has 0 aliphatic carbocycles. The topological polar surface area (TPSA) is 50.4 Å². The van der Waals surface area contributed by atoms with Gasteiger partial charge in [0.15, 0.2) is 0 Å². The number of carbonyl (C=O) groups excluding carboxylic acids is 1. The number of benzene rings is 2. The van der Waals surface area contributed by atoms with Gasteiger partial charge in [0.25, 0.3) is 0 Å². The van der Waals surface area contributed by atoms with Crippen molar-refractivity contribution in [2.45, 2.75) is 6.92 Å². The molecule has 2 aromatic rings. The number of halogens is 1. The third-order valence-electron chi connectivity index (χ3n) is 2.53. The van der Waals surface area contributed by atoms with Gasteiger partial charge in [0, 0.05) is 15.8 Å².